The molecular weight excluding hydrogens is 452 g/mol. The van der Waals surface area contributed by atoms with Crippen LogP contribution in [0.4, 0.5) is 0 Å². The van der Waals surface area contributed by atoms with Gasteiger partial charge in [-0.1, -0.05) is 6.07 Å². The summed E-state index contributed by atoms with van der Waals surface area (Å²) in [5.74, 6) is -0.493. The van der Waals surface area contributed by atoms with E-state index in [-0.39, 0.29) is 24.8 Å². The number of carbonyl (C=O) groups excluding carboxylic acids is 3. The van der Waals surface area contributed by atoms with Gasteiger partial charge in [-0.05, 0) is 49.6 Å². The summed E-state index contributed by atoms with van der Waals surface area (Å²) in [6.45, 7) is 3.45. The van der Waals surface area contributed by atoms with E-state index < -0.39 is 11.3 Å². The lowest BCUT2D eigenvalue weighted by molar-refractivity contribution is -0.127. The van der Waals surface area contributed by atoms with Gasteiger partial charge in [0, 0.05) is 38.7 Å². The summed E-state index contributed by atoms with van der Waals surface area (Å²) in [7, 11) is 1.48. The fourth-order valence-corrected chi connectivity index (χ4v) is 6.06. The molecule has 3 aromatic rings. The Labute approximate surface area is 201 Å². The lowest BCUT2D eigenvalue weighted by Gasteiger charge is -2.31. The molecule has 1 N–H and O–H groups in total. The number of carbonyl (C=O) groups is 3. The van der Waals surface area contributed by atoms with E-state index in [1.165, 1.54) is 23.6 Å². The number of amides is 3. The minimum atomic E-state index is -1.15. The van der Waals surface area contributed by atoms with Crippen LogP contribution in [0.5, 0.6) is 0 Å². The van der Waals surface area contributed by atoms with Crippen molar-refractivity contribution in [2.24, 2.45) is 0 Å². The van der Waals surface area contributed by atoms with E-state index in [0.717, 1.165) is 23.4 Å². The van der Waals surface area contributed by atoms with Gasteiger partial charge in [-0.25, -0.2) is 4.98 Å². The number of pyridine rings is 1. The standard InChI is InChI=1S/C25H26N4O4S/c1-15-3-5-18-19(11-15)34-22(27-18)16-7-9-29(10-8-16)23(31)17-4-6-20(26-13-17)25(14-33-2)12-21(30)28-24(25)32/h3-6,11,13,16H,7-10,12,14H2,1-2H3,(H,28,30,32). The molecule has 1 unspecified atom stereocenters. The molecule has 0 bridgehead atoms. The molecule has 0 radical (unpaired) electrons. The van der Waals surface area contributed by atoms with Gasteiger partial charge >= 0.3 is 0 Å². The molecule has 2 aromatic heterocycles. The molecule has 2 fully saturated rings. The second kappa shape index (κ2) is 8.88. The molecule has 176 valence electrons. The average Bonchev–Trinajstić information content (AvgIpc) is 3.39. The molecule has 1 aromatic carbocycles. The number of benzene rings is 1. The molecular formula is C25H26N4O4S. The molecule has 2 aliphatic heterocycles. The first-order chi connectivity index (χ1) is 16.4. The number of nitrogens with one attached hydrogen (secondary N) is 1. The maximum absolute atomic E-state index is 13.1. The molecule has 0 saturated carbocycles. The third-order valence-corrected chi connectivity index (χ3v) is 7.91. The maximum atomic E-state index is 13.1. The summed E-state index contributed by atoms with van der Waals surface area (Å²) >= 11 is 1.75. The van der Waals surface area contributed by atoms with Crippen molar-refractivity contribution in [1.82, 2.24) is 20.2 Å². The summed E-state index contributed by atoms with van der Waals surface area (Å²) in [5, 5.41) is 3.48. The van der Waals surface area contributed by atoms with Gasteiger partial charge < -0.3 is 9.64 Å². The fourth-order valence-electron chi connectivity index (χ4n) is 4.83. The Morgan fingerprint density at radius 1 is 1.24 bits per heavy atom. The number of nitrogens with zero attached hydrogens (tertiary/aromatic N) is 3. The van der Waals surface area contributed by atoms with Crippen LogP contribution in [-0.2, 0) is 19.7 Å². The number of hydrogen-bond donors (Lipinski definition) is 1. The van der Waals surface area contributed by atoms with Crippen molar-refractivity contribution in [1.29, 1.82) is 0 Å². The predicted octanol–water partition coefficient (Wildman–Crippen LogP) is 2.95. The summed E-state index contributed by atoms with van der Waals surface area (Å²) in [5.41, 5.74) is 2.02. The van der Waals surface area contributed by atoms with Crippen LogP contribution in [0, 0.1) is 6.92 Å². The van der Waals surface area contributed by atoms with Crippen LogP contribution in [-0.4, -0.2) is 59.4 Å². The summed E-state index contributed by atoms with van der Waals surface area (Å²) in [6, 6.07) is 9.66. The van der Waals surface area contributed by atoms with Crippen LogP contribution < -0.4 is 5.32 Å². The van der Waals surface area contributed by atoms with Crippen molar-refractivity contribution in [3.63, 3.8) is 0 Å². The molecule has 1 atom stereocenters. The highest BCUT2D eigenvalue weighted by molar-refractivity contribution is 7.18. The smallest absolute Gasteiger partial charge is 0.255 e. The normalized spacial score (nSPS) is 21.3. The van der Waals surface area contributed by atoms with Crippen molar-refractivity contribution in [3.8, 4) is 0 Å². The quantitative estimate of drug-likeness (QED) is 0.566. The first kappa shape index (κ1) is 22.6. The van der Waals surface area contributed by atoms with E-state index in [4.69, 9.17) is 9.72 Å². The lowest BCUT2D eigenvalue weighted by atomic mass is 9.83. The van der Waals surface area contributed by atoms with Crippen LogP contribution in [0.25, 0.3) is 10.2 Å². The minimum Gasteiger partial charge on any atom is -0.383 e. The van der Waals surface area contributed by atoms with Gasteiger partial charge in [0.2, 0.25) is 11.8 Å². The molecule has 2 aliphatic rings. The van der Waals surface area contributed by atoms with Gasteiger partial charge in [0.1, 0.15) is 5.41 Å². The largest absolute Gasteiger partial charge is 0.383 e. The van der Waals surface area contributed by atoms with Crippen LogP contribution in [0.1, 0.15) is 51.8 Å². The monoisotopic (exact) mass is 478 g/mol. The number of aromatic nitrogens is 2. The van der Waals surface area contributed by atoms with Crippen LogP contribution in [0.2, 0.25) is 0 Å². The molecule has 4 heterocycles. The Balaban J connectivity index is 1.26. The number of fused-ring (bicyclic) bond motifs is 1. The Bertz CT molecular complexity index is 1260. The zero-order chi connectivity index (χ0) is 23.9. The molecule has 9 heteroatoms. The molecule has 34 heavy (non-hydrogen) atoms. The van der Waals surface area contributed by atoms with E-state index in [1.807, 2.05) is 4.90 Å². The van der Waals surface area contributed by atoms with Crippen LogP contribution in [0.3, 0.4) is 0 Å². The molecule has 0 aliphatic carbocycles. The lowest BCUT2D eigenvalue weighted by Crippen LogP contribution is -2.40. The van der Waals surface area contributed by atoms with Crippen molar-refractivity contribution in [3.05, 3.63) is 58.4 Å². The Kier molecular flexibility index (Phi) is 5.91. The Morgan fingerprint density at radius 2 is 2.03 bits per heavy atom. The van der Waals surface area contributed by atoms with Crippen LogP contribution in [0.15, 0.2) is 36.5 Å². The number of thiazole rings is 1. The van der Waals surface area contributed by atoms with Crippen LogP contribution >= 0.6 is 11.3 Å². The van der Waals surface area contributed by atoms with Crippen molar-refractivity contribution >= 4 is 39.3 Å². The number of aryl methyl sites for hydroxylation is 1. The summed E-state index contributed by atoms with van der Waals surface area (Å²) in [4.78, 5) is 48.4. The molecule has 5 rings (SSSR count). The SMILES string of the molecule is COCC1(c2ccc(C(=O)N3CCC(c4nc5ccc(C)cc5s4)CC3)cn2)CC(=O)NC1=O. The Hall–Kier alpha value is -3.17. The zero-order valence-corrected chi connectivity index (χ0v) is 20.0. The van der Waals surface area contributed by atoms with E-state index in [2.05, 4.69) is 35.4 Å². The highest BCUT2D eigenvalue weighted by atomic mass is 32.1. The van der Waals surface area contributed by atoms with Crippen molar-refractivity contribution in [2.75, 3.05) is 26.8 Å². The van der Waals surface area contributed by atoms with Gasteiger partial charge in [-0.3, -0.25) is 24.7 Å². The van der Waals surface area contributed by atoms with Gasteiger partial charge in [-0.15, -0.1) is 11.3 Å². The van der Waals surface area contributed by atoms with Crippen molar-refractivity contribution in [2.45, 2.75) is 37.5 Å². The first-order valence-electron chi connectivity index (χ1n) is 11.4. The first-order valence-corrected chi connectivity index (χ1v) is 12.2. The van der Waals surface area contributed by atoms with Gasteiger partial charge in [-0.2, -0.15) is 0 Å². The van der Waals surface area contributed by atoms with E-state index in [1.54, 1.807) is 23.5 Å². The molecule has 8 nitrogen and oxygen atoms in total. The molecule has 2 saturated heterocycles. The third kappa shape index (κ3) is 3.99. The van der Waals surface area contributed by atoms with Gasteiger partial charge in [0.25, 0.3) is 5.91 Å². The molecule has 3 amide bonds. The number of methoxy groups -OCH3 is 1. The highest BCUT2D eigenvalue weighted by Gasteiger charge is 2.49. The maximum Gasteiger partial charge on any atom is 0.255 e. The third-order valence-electron chi connectivity index (χ3n) is 6.73. The van der Waals surface area contributed by atoms with Crippen molar-refractivity contribution < 1.29 is 19.1 Å². The fraction of sp³-hybridized carbons (Fsp3) is 0.400. The minimum absolute atomic E-state index is 0.0151. The van der Waals surface area contributed by atoms with Gasteiger partial charge in [0.05, 0.1) is 33.1 Å². The number of rotatable bonds is 5. The summed E-state index contributed by atoms with van der Waals surface area (Å²) in [6.07, 6.45) is 3.22. The number of piperidine rings is 1. The van der Waals surface area contributed by atoms with E-state index in [9.17, 15) is 14.4 Å². The second-order valence-electron chi connectivity index (χ2n) is 9.09. The predicted molar refractivity (Wildman–Crippen MR) is 128 cm³/mol. The number of hydrogen-bond acceptors (Lipinski definition) is 7. The Morgan fingerprint density at radius 3 is 2.68 bits per heavy atom. The van der Waals surface area contributed by atoms with Gasteiger partial charge in [0.15, 0.2) is 0 Å². The number of likely N-dealkylation sites (tertiary alicyclic amines) is 1. The summed E-state index contributed by atoms with van der Waals surface area (Å²) < 4.78 is 6.43. The topological polar surface area (TPSA) is 101 Å². The van der Waals surface area contributed by atoms with E-state index in [0.29, 0.717) is 30.3 Å². The molecule has 0 spiro atoms. The number of imide groups is 1. The van der Waals surface area contributed by atoms with E-state index >= 15 is 0 Å². The highest BCUT2D eigenvalue weighted by Crippen LogP contribution is 2.35. The zero-order valence-electron chi connectivity index (χ0n) is 19.2. The second-order valence-corrected chi connectivity index (χ2v) is 10.2. The average molecular weight is 479 g/mol. The number of ether oxygens (including phenoxy) is 1.